The summed E-state index contributed by atoms with van der Waals surface area (Å²) in [6, 6.07) is 8.49. The van der Waals surface area contributed by atoms with E-state index in [4.69, 9.17) is 0 Å². The third-order valence-electron chi connectivity index (χ3n) is 1.64. The van der Waals surface area contributed by atoms with Crippen LogP contribution in [0.15, 0.2) is 24.3 Å². The van der Waals surface area contributed by atoms with Crippen molar-refractivity contribution in [2.75, 3.05) is 0 Å². The number of aryl methyl sites for hydroxylation is 2. The summed E-state index contributed by atoms with van der Waals surface area (Å²) >= 11 is 0. The minimum Gasteiger partial charge on any atom is -0.412 e. The molecule has 0 bridgehead atoms. The molecule has 0 aliphatic rings. The van der Waals surface area contributed by atoms with Gasteiger partial charge in [0.2, 0.25) is 0 Å². The molecule has 1 aromatic rings. The standard InChI is InChI=1S/C9H12.H2O.Y/c1-3-9-7-5-4-6-8(9)2;;/h4-7H,3H2,1-2H3;1H2;. The second-order valence-electron chi connectivity index (χ2n) is 2.28. The summed E-state index contributed by atoms with van der Waals surface area (Å²) in [5, 5.41) is 0. The molecule has 1 rings (SSSR count). The maximum absolute atomic E-state index is 2.18. The first-order valence-electron chi connectivity index (χ1n) is 3.39. The molecule has 1 nitrogen and oxygen atoms in total. The third kappa shape index (κ3) is 4.00. The molecule has 2 N–H and O–H groups in total. The average Bonchev–Trinajstić information content (AvgIpc) is 1.89. The van der Waals surface area contributed by atoms with Gasteiger partial charge >= 0.3 is 0 Å². The summed E-state index contributed by atoms with van der Waals surface area (Å²) in [5.41, 5.74) is 2.86. The van der Waals surface area contributed by atoms with Crippen molar-refractivity contribution < 1.29 is 38.2 Å². The quantitative estimate of drug-likeness (QED) is 0.699. The van der Waals surface area contributed by atoms with Crippen LogP contribution >= 0.6 is 0 Å². The zero-order valence-corrected chi connectivity index (χ0v) is 9.93. The van der Waals surface area contributed by atoms with Gasteiger partial charge in [-0.15, -0.1) is 0 Å². The van der Waals surface area contributed by atoms with Crippen LogP contribution in [0.1, 0.15) is 18.1 Å². The van der Waals surface area contributed by atoms with Crippen molar-refractivity contribution in [3.63, 3.8) is 0 Å². The SMILES string of the molecule is CCc1ccccc1C.O.[Y]. The number of hydrogen-bond donors (Lipinski definition) is 0. The van der Waals surface area contributed by atoms with Gasteiger partial charge in [0, 0.05) is 32.7 Å². The van der Waals surface area contributed by atoms with Gasteiger partial charge in [-0.2, -0.15) is 0 Å². The maximum atomic E-state index is 2.18. The first-order chi connectivity index (χ1) is 4.34. The Kier molecular flexibility index (Phi) is 8.76. The van der Waals surface area contributed by atoms with Gasteiger partial charge in [-0.05, 0) is 24.5 Å². The van der Waals surface area contributed by atoms with Crippen molar-refractivity contribution in [2.45, 2.75) is 20.3 Å². The molecule has 0 unspecified atom stereocenters. The molecule has 0 saturated heterocycles. The molecule has 59 valence electrons. The van der Waals surface area contributed by atoms with Crippen LogP contribution < -0.4 is 0 Å². The fraction of sp³-hybridized carbons (Fsp3) is 0.333. The second-order valence-corrected chi connectivity index (χ2v) is 2.28. The van der Waals surface area contributed by atoms with E-state index in [0.29, 0.717) is 0 Å². The second kappa shape index (κ2) is 6.96. The normalized spacial score (nSPS) is 7.82. The molecule has 0 aliphatic carbocycles. The van der Waals surface area contributed by atoms with Crippen molar-refractivity contribution in [1.29, 1.82) is 0 Å². The molecule has 0 aromatic heterocycles. The molecule has 0 atom stereocenters. The molecule has 0 aliphatic heterocycles. The van der Waals surface area contributed by atoms with E-state index in [1.165, 1.54) is 11.1 Å². The van der Waals surface area contributed by atoms with Crippen LogP contribution in [0, 0.1) is 6.92 Å². The van der Waals surface area contributed by atoms with E-state index in [-0.39, 0.29) is 38.2 Å². The predicted octanol–water partition coefficient (Wildman–Crippen LogP) is 1.73. The molecule has 2 heteroatoms. The van der Waals surface area contributed by atoms with Gasteiger partial charge < -0.3 is 5.48 Å². The molecule has 0 saturated carbocycles. The molecule has 11 heavy (non-hydrogen) atoms. The molecular weight excluding hydrogens is 213 g/mol. The Bertz CT molecular complexity index is 199. The van der Waals surface area contributed by atoms with Crippen molar-refractivity contribution in [3.05, 3.63) is 35.4 Å². The monoisotopic (exact) mass is 227 g/mol. The molecule has 0 fully saturated rings. The largest absolute Gasteiger partial charge is 0.412 e. The van der Waals surface area contributed by atoms with E-state index in [1.54, 1.807) is 0 Å². The van der Waals surface area contributed by atoms with Crippen LogP contribution in [-0.4, -0.2) is 5.48 Å². The smallest absolute Gasteiger partial charge is 0 e. The minimum atomic E-state index is 0. The molecule has 1 aromatic carbocycles. The van der Waals surface area contributed by atoms with E-state index in [9.17, 15) is 0 Å². The third-order valence-corrected chi connectivity index (χ3v) is 1.64. The van der Waals surface area contributed by atoms with E-state index < -0.39 is 0 Å². The van der Waals surface area contributed by atoms with E-state index in [2.05, 4.69) is 38.1 Å². The van der Waals surface area contributed by atoms with Crippen LogP contribution in [0.5, 0.6) is 0 Å². The number of rotatable bonds is 1. The molecule has 1 radical (unpaired) electrons. The summed E-state index contributed by atoms with van der Waals surface area (Å²) in [6.45, 7) is 4.33. The van der Waals surface area contributed by atoms with Crippen LogP contribution in [-0.2, 0) is 39.1 Å². The maximum Gasteiger partial charge on any atom is 0 e. The first-order valence-corrected chi connectivity index (χ1v) is 3.39. The zero-order valence-electron chi connectivity index (χ0n) is 7.09. The summed E-state index contributed by atoms with van der Waals surface area (Å²) in [7, 11) is 0. The fourth-order valence-corrected chi connectivity index (χ4v) is 1.01. The first kappa shape index (κ1) is 13.8. The van der Waals surface area contributed by atoms with Crippen LogP contribution in [0.4, 0.5) is 0 Å². The Morgan fingerprint density at radius 2 is 1.73 bits per heavy atom. The van der Waals surface area contributed by atoms with Crippen LogP contribution in [0.2, 0.25) is 0 Å². The molecule has 0 amide bonds. The Morgan fingerprint density at radius 1 is 1.18 bits per heavy atom. The Balaban J connectivity index is 0. The van der Waals surface area contributed by atoms with E-state index in [0.717, 1.165) is 6.42 Å². The molecule has 0 spiro atoms. The topological polar surface area (TPSA) is 31.5 Å². The fourth-order valence-electron chi connectivity index (χ4n) is 1.01. The van der Waals surface area contributed by atoms with Gasteiger partial charge in [-0.25, -0.2) is 0 Å². The molecule has 0 heterocycles. The van der Waals surface area contributed by atoms with Gasteiger partial charge in [-0.1, -0.05) is 31.2 Å². The summed E-state index contributed by atoms with van der Waals surface area (Å²) in [4.78, 5) is 0. The zero-order chi connectivity index (χ0) is 6.69. The van der Waals surface area contributed by atoms with Gasteiger partial charge in [0.1, 0.15) is 0 Å². The Morgan fingerprint density at radius 3 is 2.09 bits per heavy atom. The predicted molar refractivity (Wildman–Crippen MR) is 44.2 cm³/mol. The van der Waals surface area contributed by atoms with Crippen molar-refractivity contribution in [3.8, 4) is 0 Å². The summed E-state index contributed by atoms with van der Waals surface area (Å²) < 4.78 is 0. The van der Waals surface area contributed by atoms with Crippen LogP contribution in [0.3, 0.4) is 0 Å². The average molecular weight is 227 g/mol. The van der Waals surface area contributed by atoms with Gasteiger partial charge in [-0.3, -0.25) is 0 Å². The Hall–Kier alpha value is 0.284. The van der Waals surface area contributed by atoms with Crippen molar-refractivity contribution in [1.82, 2.24) is 0 Å². The summed E-state index contributed by atoms with van der Waals surface area (Å²) in [6.07, 6.45) is 1.15. The number of benzene rings is 1. The van der Waals surface area contributed by atoms with Crippen molar-refractivity contribution >= 4 is 0 Å². The molecular formula is C9H14OY. The number of hydrogen-bond acceptors (Lipinski definition) is 0. The van der Waals surface area contributed by atoms with Gasteiger partial charge in [0.15, 0.2) is 0 Å². The van der Waals surface area contributed by atoms with E-state index in [1.807, 2.05) is 0 Å². The van der Waals surface area contributed by atoms with E-state index >= 15 is 0 Å². The summed E-state index contributed by atoms with van der Waals surface area (Å²) in [5.74, 6) is 0. The van der Waals surface area contributed by atoms with Gasteiger partial charge in [0.05, 0.1) is 0 Å². The van der Waals surface area contributed by atoms with Gasteiger partial charge in [0.25, 0.3) is 0 Å². The minimum absolute atomic E-state index is 0. The van der Waals surface area contributed by atoms with Crippen LogP contribution in [0.25, 0.3) is 0 Å². The van der Waals surface area contributed by atoms with Crippen molar-refractivity contribution in [2.24, 2.45) is 0 Å². The Labute approximate surface area is 93.4 Å².